The summed E-state index contributed by atoms with van der Waals surface area (Å²) in [5, 5.41) is 9.39. The van der Waals surface area contributed by atoms with E-state index in [1.54, 1.807) is 0 Å². The highest BCUT2D eigenvalue weighted by Crippen LogP contribution is 2.08. The number of pyridine rings is 1. The number of hydrogen-bond donors (Lipinski definition) is 1. The van der Waals surface area contributed by atoms with Crippen molar-refractivity contribution in [1.82, 2.24) is 4.57 Å². The maximum absolute atomic E-state index is 12.0. The zero-order valence-electron chi connectivity index (χ0n) is 14.5. The second-order valence-electron chi connectivity index (χ2n) is 3.21. The van der Waals surface area contributed by atoms with Gasteiger partial charge >= 0.3 is 0 Å². The van der Waals surface area contributed by atoms with Crippen LogP contribution in [0.1, 0.15) is 19.4 Å². The molecule has 1 heterocycles. The van der Waals surface area contributed by atoms with Crippen molar-refractivity contribution in [2.24, 2.45) is 0 Å². The molecule has 0 amide bonds. The van der Waals surface area contributed by atoms with Crippen LogP contribution in [0.25, 0.3) is 5.69 Å². The molecule has 1 N–H and O–H groups in total. The molecule has 0 radical (unpaired) electrons. The van der Waals surface area contributed by atoms with Gasteiger partial charge in [0.2, 0.25) is 0 Å². The molecule has 3 heteroatoms. The van der Waals surface area contributed by atoms with Crippen LogP contribution >= 0.6 is 0 Å². The summed E-state index contributed by atoms with van der Waals surface area (Å²) >= 11 is 0. The van der Waals surface area contributed by atoms with Gasteiger partial charge in [0.1, 0.15) is 0 Å². The van der Waals surface area contributed by atoms with Gasteiger partial charge in [-0.15, -0.1) is 0 Å². The van der Waals surface area contributed by atoms with Crippen molar-refractivity contribution in [3.05, 3.63) is 64.0 Å². The van der Waals surface area contributed by atoms with Gasteiger partial charge in [0.05, 0.1) is 14.8 Å². The van der Waals surface area contributed by atoms with Crippen LogP contribution in [0, 0.1) is 6.92 Å². The lowest BCUT2D eigenvalue weighted by atomic mass is 10.2. The fourth-order valence-corrected chi connectivity index (χ4v) is 1.22. The molecule has 0 aliphatic heterocycles. The van der Waals surface area contributed by atoms with E-state index in [4.69, 9.17) is 8.22 Å². The van der Waals surface area contributed by atoms with Crippen LogP contribution in [-0.4, -0.2) is 9.67 Å². The average molecular weight is 221 g/mol. The number of aliphatic hydroxyl groups is 1. The summed E-state index contributed by atoms with van der Waals surface area (Å²) in [6.45, 7) is -1.26. The van der Waals surface area contributed by atoms with Gasteiger partial charge in [-0.1, -0.05) is 17.6 Å². The van der Waals surface area contributed by atoms with Crippen molar-refractivity contribution in [1.29, 1.82) is 0 Å². The molecule has 0 saturated heterocycles. The summed E-state index contributed by atoms with van der Waals surface area (Å²) in [5.41, 5.74) is -1.01. The lowest BCUT2D eigenvalue weighted by Crippen LogP contribution is -2.17. The summed E-state index contributed by atoms with van der Waals surface area (Å²) in [7, 11) is 0. The third-order valence-electron chi connectivity index (χ3n) is 2.02. The standard InChI is InChI=1S/C13H13NO2/c1-10-2-5-12(6-3-10)14-8-11(9-15)4-7-13(14)16/h2-8,15H,9H2,1H3/i2D,3D,5D,6D,9D2. The molecule has 1 aromatic carbocycles. The maximum atomic E-state index is 12.0. The highest BCUT2D eigenvalue weighted by atomic mass is 16.3. The van der Waals surface area contributed by atoms with Crippen LogP contribution in [0.15, 0.2) is 47.3 Å². The molecule has 2 rings (SSSR count). The van der Waals surface area contributed by atoms with E-state index in [1.807, 2.05) is 0 Å². The first-order chi connectivity index (χ1) is 10.1. The Kier molecular flexibility index (Phi) is 1.48. The largest absolute Gasteiger partial charge is 0.392 e. The Morgan fingerprint density at radius 2 is 2.06 bits per heavy atom. The molecule has 0 saturated carbocycles. The fourth-order valence-electron chi connectivity index (χ4n) is 1.22. The highest BCUT2D eigenvalue weighted by Gasteiger charge is 2.00. The average Bonchev–Trinajstić information content (AvgIpc) is 2.44. The zero-order valence-corrected chi connectivity index (χ0v) is 8.53. The predicted molar refractivity (Wildman–Crippen MR) is 62.7 cm³/mol. The lowest BCUT2D eigenvalue weighted by Gasteiger charge is -2.07. The summed E-state index contributed by atoms with van der Waals surface area (Å²) in [4.78, 5) is 12.0. The predicted octanol–water partition coefficient (Wildman–Crippen LogP) is 1.64. The molecule has 0 unspecified atom stereocenters. The molecule has 2 aromatic rings. The molecule has 0 aliphatic rings. The first-order valence-corrected chi connectivity index (χ1v) is 4.58. The molecule has 0 spiro atoms. The van der Waals surface area contributed by atoms with E-state index in [0.717, 1.165) is 22.9 Å². The topological polar surface area (TPSA) is 42.2 Å². The van der Waals surface area contributed by atoms with Crippen molar-refractivity contribution >= 4 is 0 Å². The SMILES string of the molecule is [2H]c1c([2H])c(-n2cc(C([2H])([2H])O)ccc2=O)c([2H])c([2H])c1C. The van der Waals surface area contributed by atoms with Crippen LogP contribution in [0.5, 0.6) is 0 Å². The zero-order chi connectivity index (χ0) is 16.8. The Labute approximate surface area is 102 Å². The minimum atomic E-state index is -2.70. The molecule has 0 atom stereocenters. The van der Waals surface area contributed by atoms with E-state index in [-0.39, 0.29) is 28.9 Å². The number of rotatable bonds is 2. The van der Waals surface area contributed by atoms with Gasteiger partial charge in [0.25, 0.3) is 5.56 Å². The molecule has 82 valence electrons. The van der Waals surface area contributed by atoms with Crippen molar-refractivity contribution in [3.63, 3.8) is 0 Å². The summed E-state index contributed by atoms with van der Waals surface area (Å²) in [5.74, 6) is 0. The third-order valence-corrected chi connectivity index (χ3v) is 2.02. The molecule has 16 heavy (non-hydrogen) atoms. The lowest BCUT2D eigenvalue weighted by molar-refractivity contribution is 0.281. The second kappa shape index (κ2) is 4.33. The Balaban J connectivity index is 2.86. The monoisotopic (exact) mass is 221 g/mol. The van der Waals surface area contributed by atoms with Gasteiger partial charge in [0, 0.05) is 18.0 Å². The number of nitrogens with zero attached hydrogens (tertiary/aromatic N) is 1. The van der Waals surface area contributed by atoms with E-state index in [9.17, 15) is 9.90 Å². The molecule has 3 nitrogen and oxygen atoms in total. The van der Waals surface area contributed by atoms with Crippen LogP contribution in [0.4, 0.5) is 0 Å². The molecule has 1 aromatic heterocycles. The number of benzene rings is 1. The third kappa shape index (κ3) is 2.04. The smallest absolute Gasteiger partial charge is 0.255 e. The number of aromatic nitrogens is 1. The Morgan fingerprint density at radius 1 is 1.38 bits per heavy atom. The maximum Gasteiger partial charge on any atom is 0.255 e. The molecule has 0 bridgehead atoms. The van der Waals surface area contributed by atoms with Crippen molar-refractivity contribution in [2.45, 2.75) is 13.5 Å². The normalized spacial score (nSPS) is 16.6. The van der Waals surface area contributed by atoms with Crippen LogP contribution in [0.3, 0.4) is 0 Å². The quantitative estimate of drug-likeness (QED) is 0.837. The van der Waals surface area contributed by atoms with Gasteiger partial charge < -0.3 is 5.11 Å². The van der Waals surface area contributed by atoms with E-state index in [2.05, 4.69) is 0 Å². The van der Waals surface area contributed by atoms with E-state index >= 15 is 0 Å². The minimum absolute atomic E-state index is 0.153. The summed E-state index contributed by atoms with van der Waals surface area (Å²) in [6.07, 6.45) is 0.974. The second-order valence-corrected chi connectivity index (χ2v) is 3.21. The highest BCUT2D eigenvalue weighted by molar-refractivity contribution is 5.35. The minimum Gasteiger partial charge on any atom is -0.392 e. The fraction of sp³-hybridized carbons (Fsp3) is 0.154. The molecule has 0 aliphatic carbocycles. The molecule has 0 fully saturated rings. The first kappa shape index (κ1) is 5.46. The van der Waals surface area contributed by atoms with Crippen molar-refractivity contribution in [2.75, 3.05) is 0 Å². The van der Waals surface area contributed by atoms with Crippen molar-refractivity contribution < 1.29 is 13.3 Å². The van der Waals surface area contributed by atoms with Gasteiger partial charge in [0.15, 0.2) is 0 Å². The van der Waals surface area contributed by atoms with Crippen LogP contribution < -0.4 is 5.56 Å². The summed E-state index contributed by atoms with van der Waals surface area (Å²) in [6, 6.07) is 0.729. The van der Waals surface area contributed by atoms with E-state index in [0.29, 0.717) is 0 Å². The van der Waals surface area contributed by atoms with Gasteiger partial charge in [-0.05, 0) is 30.6 Å². The Bertz CT molecular complexity index is 780. The Hall–Kier alpha value is -1.87. The van der Waals surface area contributed by atoms with Gasteiger partial charge in [-0.3, -0.25) is 9.36 Å². The van der Waals surface area contributed by atoms with Crippen LogP contribution in [0.2, 0.25) is 0 Å². The van der Waals surface area contributed by atoms with Crippen molar-refractivity contribution in [3.8, 4) is 5.69 Å². The number of hydrogen-bond acceptors (Lipinski definition) is 2. The van der Waals surface area contributed by atoms with E-state index in [1.165, 1.54) is 6.92 Å². The van der Waals surface area contributed by atoms with Gasteiger partial charge in [-0.25, -0.2) is 0 Å². The molecular formula is C13H13NO2. The Morgan fingerprint density at radius 3 is 2.69 bits per heavy atom. The summed E-state index contributed by atoms with van der Waals surface area (Å²) < 4.78 is 46.8. The van der Waals surface area contributed by atoms with Crippen LogP contribution in [-0.2, 0) is 6.56 Å². The molecular weight excluding hydrogens is 202 g/mol. The first-order valence-electron chi connectivity index (χ1n) is 7.58. The van der Waals surface area contributed by atoms with Gasteiger partial charge in [-0.2, -0.15) is 0 Å². The van der Waals surface area contributed by atoms with E-state index < -0.39 is 24.2 Å².